The van der Waals surface area contributed by atoms with Crippen LogP contribution in [0, 0.1) is 0 Å². The Morgan fingerprint density at radius 1 is 1.05 bits per heavy atom. The Bertz CT molecular complexity index is 653. The first kappa shape index (κ1) is 14.3. The van der Waals surface area contributed by atoms with E-state index in [4.69, 9.17) is 0 Å². The molecule has 0 radical (unpaired) electrons. The summed E-state index contributed by atoms with van der Waals surface area (Å²) >= 11 is 0. The fourth-order valence-electron chi connectivity index (χ4n) is 2.57. The lowest BCUT2D eigenvalue weighted by atomic mass is 10.0. The number of nitrogens with zero attached hydrogens (tertiary/aromatic N) is 1. The molecule has 2 aromatic carbocycles. The zero-order valence-electron chi connectivity index (χ0n) is 12.3. The summed E-state index contributed by atoms with van der Waals surface area (Å²) in [7, 11) is 0. The van der Waals surface area contributed by atoms with Gasteiger partial charge in [0.2, 0.25) is 0 Å². The summed E-state index contributed by atoms with van der Waals surface area (Å²) in [5.41, 5.74) is 7.58. The number of rotatable bonds is 3. The lowest BCUT2D eigenvalue weighted by Crippen LogP contribution is -2.40. The van der Waals surface area contributed by atoms with Crippen LogP contribution in [0.15, 0.2) is 65.7 Å². The van der Waals surface area contributed by atoms with Crippen LogP contribution in [-0.2, 0) is 6.42 Å². The zero-order valence-corrected chi connectivity index (χ0v) is 12.3. The Morgan fingerprint density at radius 3 is 2.45 bits per heavy atom. The molecule has 1 amide bonds. The van der Waals surface area contributed by atoms with Crippen molar-refractivity contribution in [3.63, 3.8) is 0 Å². The molecule has 0 aromatic heterocycles. The average molecular weight is 293 g/mol. The molecule has 112 valence electrons. The van der Waals surface area contributed by atoms with Crippen molar-refractivity contribution in [1.29, 1.82) is 0 Å². The van der Waals surface area contributed by atoms with E-state index in [1.807, 2.05) is 36.4 Å². The number of hydrogen-bond donors (Lipinski definition) is 2. The SMILES string of the molecule is O=C(NNC1=NC(Cc2ccccc2)CC1)c1ccccc1. The van der Waals surface area contributed by atoms with E-state index < -0.39 is 0 Å². The maximum absolute atomic E-state index is 11.9. The summed E-state index contributed by atoms with van der Waals surface area (Å²) in [6.45, 7) is 0. The van der Waals surface area contributed by atoms with Crippen molar-refractivity contribution in [2.45, 2.75) is 25.3 Å². The maximum Gasteiger partial charge on any atom is 0.269 e. The van der Waals surface area contributed by atoms with Gasteiger partial charge in [0.25, 0.3) is 5.91 Å². The molecule has 3 rings (SSSR count). The van der Waals surface area contributed by atoms with Gasteiger partial charge in [-0.1, -0.05) is 48.5 Å². The molecule has 4 heteroatoms. The Labute approximate surface area is 130 Å². The molecule has 0 fully saturated rings. The predicted octanol–water partition coefficient (Wildman–Crippen LogP) is 2.72. The first-order valence-electron chi connectivity index (χ1n) is 7.53. The number of carbonyl (C=O) groups is 1. The molecule has 2 aromatic rings. The fraction of sp³-hybridized carbons (Fsp3) is 0.222. The van der Waals surface area contributed by atoms with Crippen LogP contribution in [0.1, 0.15) is 28.8 Å². The molecular weight excluding hydrogens is 274 g/mol. The van der Waals surface area contributed by atoms with Gasteiger partial charge in [-0.15, -0.1) is 0 Å². The molecule has 0 bridgehead atoms. The smallest absolute Gasteiger partial charge is 0.269 e. The van der Waals surface area contributed by atoms with E-state index in [9.17, 15) is 4.79 Å². The number of nitrogens with one attached hydrogen (secondary N) is 2. The van der Waals surface area contributed by atoms with E-state index >= 15 is 0 Å². The molecular formula is C18H19N3O. The quantitative estimate of drug-likeness (QED) is 0.855. The summed E-state index contributed by atoms with van der Waals surface area (Å²) in [4.78, 5) is 16.6. The van der Waals surface area contributed by atoms with Crippen molar-refractivity contribution in [3.05, 3.63) is 71.8 Å². The van der Waals surface area contributed by atoms with Gasteiger partial charge in [-0.25, -0.2) is 0 Å². The molecule has 2 N–H and O–H groups in total. The Morgan fingerprint density at radius 2 is 1.73 bits per heavy atom. The van der Waals surface area contributed by atoms with Crippen molar-refractivity contribution in [2.75, 3.05) is 0 Å². The summed E-state index contributed by atoms with van der Waals surface area (Å²) in [6, 6.07) is 19.8. The third kappa shape index (κ3) is 3.73. The number of benzene rings is 2. The van der Waals surface area contributed by atoms with Gasteiger partial charge in [0.05, 0.1) is 6.04 Å². The highest BCUT2D eigenvalue weighted by Gasteiger charge is 2.18. The minimum atomic E-state index is -0.144. The highest BCUT2D eigenvalue weighted by molar-refractivity contribution is 5.96. The van der Waals surface area contributed by atoms with Gasteiger partial charge in [-0.2, -0.15) is 0 Å². The number of amidine groups is 1. The summed E-state index contributed by atoms with van der Waals surface area (Å²) in [5.74, 6) is 0.708. The molecule has 0 spiro atoms. The van der Waals surface area contributed by atoms with Gasteiger partial charge >= 0.3 is 0 Å². The van der Waals surface area contributed by atoms with E-state index in [0.717, 1.165) is 25.1 Å². The first-order valence-corrected chi connectivity index (χ1v) is 7.53. The number of amides is 1. The predicted molar refractivity (Wildman–Crippen MR) is 87.6 cm³/mol. The highest BCUT2D eigenvalue weighted by Crippen LogP contribution is 2.16. The van der Waals surface area contributed by atoms with Gasteiger partial charge in [0.15, 0.2) is 0 Å². The van der Waals surface area contributed by atoms with Crippen LogP contribution < -0.4 is 10.9 Å². The molecule has 0 aliphatic carbocycles. The van der Waals surface area contributed by atoms with E-state index in [0.29, 0.717) is 11.6 Å². The molecule has 1 aliphatic rings. The molecule has 0 saturated heterocycles. The number of aliphatic imine (C=N–C) groups is 1. The van der Waals surface area contributed by atoms with Gasteiger partial charge in [0.1, 0.15) is 5.84 Å². The molecule has 1 heterocycles. The Kier molecular flexibility index (Phi) is 4.49. The van der Waals surface area contributed by atoms with Crippen LogP contribution in [0.5, 0.6) is 0 Å². The summed E-state index contributed by atoms with van der Waals surface area (Å²) < 4.78 is 0. The maximum atomic E-state index is 11.9. The normalized spacial score (nSPS) is 16.9. The molecule has 1 aliphatic heterocycles. The fourth-order valence-corrected chi connectivity index (χ4v) is 2.57. The van der Waals surface area contributed by atoms with E-state index in [-0.39, 0.29) is 5.91 Å². The Hall–Kier alpha value is -2.62. The molecule has 1 unspecified atom stereocenters. The van der Waals surface area contributed by atoms with Crippen molar-refractivity contribution < 1.29 is 4.79 Å². The largest absolute Gasteiger partial charge is 0.285 e. The van der Waals surface area contributed by atoms with E-state index in [1.165, 1.54) is 5.56 Å². The van der Waals surface area contributed by atoms with Crippen LogP contribution in [0.4, 0.5) is 0 Å². The number of carbonyl (C=O) groups excluding carboxylic acids is 1. The highest BCUT2D eigenvalue weighted by atomic mass is 16.2. The van der Waals surface area contributed by atoms with Crippen molar-refractivity contribution in [2.24, 2.45) is 4.99 Å². The van der Waals surface area contributed by atoms with Gasteiger partial charge in [-0.3, -0.25) is 20.6 Å². The third-order valence-corrected chi connectivity index (χ3v) is 3.72. The minimum absolute atomic E-state index is 0.144. The second kappa shape index (κ2) is 6.89. The molecule has 22 heavy (non-hydrogen) atoms. The van der Waals surface area contributed by atoms with Gasteiger partial charge in [-0.05, 0) is 30.5 Å². The minimum Gasteiger partial charge on any atom is -0.285 e. The first-order chi connectivity index (χ1) is 10.8. The zero-order chi connectivity index (χ0) is 15.2. The van der Waals surface area contributed by atoms with Crippen molar-refractivity contribution in [1.82, 2.24) is 10.9 Å². The lowest BCUT2D eigenvalue weighted by Gasteiger charge is -2.08. The molecule has 4 nitrogen and oxygen atoms in total. The Balaban J connectivity index is 1.51. The summed E-state index contributed by atoms with van der Waals surface area (Å²) in [6.07, 6.45) is 2.82. The van der Waals surface area contributed by atoms with Gasteiger partial charge < -0.3 is 0 Å². The van der Waals surface area contributed by atoms with Crippen LogP contribution in [0.2, 0.25) is 0 Å². The second-order valence-electron chi connectivity index (χ2n) is 5.40. The van der Waals surface area contributed by atoms with Gasteiger partial charge in [0, 0.05) is 12.0 Å². The third-order valence-electron chi connectivity index (χ3n) is 3.72. The number of hydrogen-bond acceptors (Lipinski definition) is 3. The molecule has 1 atom stereocenters. The van der Waals surface area contributed by atoms with Crippen LogP contribution in [0.3, 0.4) is 0 Å². The standard InChI is InChI=1S/C18H19N3O/c22-18(15-9-5-2-6-10-15)21-20-17-12-11-16(19-17)13-14-7-3-1-4-8-14/h1-10,16H,11-13H2,(H,19,20)(H,21,22). The summed E-state index contributed by atoms with van der Waals surface area (Å²) in [5, 5.41) is 0. The van der Waals surface area contributed by atoms with E-state index in [1.54, 1.807) is 12.1 Å². The molecule has 0 saturated carbocycles. The topological polar surface area (TPSA) is 53.5 Å². The average Bonchev–Trinajstić information content (AvgIpc) is 3.02. The second-order valence-corrected chi connectivity index (χ2v) is 5.40. The van der Waals surface area contributed by atoms with Crippen LogP contribution >= 0.6 is 0 Å². The van der Waals surface area contributed by atoms with Crippen LogP contribution in [0.25, 0.3) is 0 Å². The monoisotopic (exact) mass is 293 g/mol. The van der Waals surface area contributed by atoms with Crippen molar-refractivity contribution in [3.8, 4) is 0 Å². The lowest BCUT2D eigenvalue weighted by molar-refractivity contribution is 0.0943. The van der Waals surface area contributed by atoms with Crippen LogP contribution in [-0.4, -0.2) is 17.8 Å². The number of hydrazine groups is 1. The van der Waals surface area contributed by atoms with Crippen molar-refractivity contribution >= 4 is 11.7 Å². The van der Waals surface area contributed by atoms with E-state index in [2.05, 4.69) is 28.0 Å².